The smallest absolute Gasteiger partial charge is 0.339 e. The van der Waals surface area contributed by atoms with Gasteiger partial charge in [-0.3, -0.25) is 9.36 Å². The number of likely N-dealkylation sites (N-methyl/N-ethyl adjacent to an activating group) is 1. The predicted octanol–water partition coefficient (Wildman–Crippen LogP) is 4.05. The van der Waals surface area contributed by atoms with E-state index in [2.05, 4.69) is 20.6 Å². The summed E-state index contributed by atoms with van der Waals surface area (Å²) in [5.41, 5.74) is 8.76. The van der Waals surface area contributed by atoms with Gasteiger partial charge >= 0.3 is 5.69 Å². The number of anilines is 2. The molecule has 0 unspecified atom stereocenters. The molecule has 5 rings (SSSR count). The molecule has 1 amide bonds. The molecule has 0 aliphatic rings. The minimum atomic E-state index is -0.387. The number of aromatic nitrogens is 4. The summed E-state index contributed by atoms with van der Waals surface area (Å²) in [5.74, 6) is 1.25. The van der Waals surface area contributed by atoms with Crippen LogP contribution in [-0.2, 0) is 4.79 Å². The maximum absolute atomic E-state index is 13.8. The Morgan fingerprint density at radius 3 is 2.44 bits per heavy atom. The van der Waals surface area contributed by atoms with Crippen LogP contribution in [0.1, 0.15) is 6.92 Å². The maximum Gasteiger partial charge on any atom is 0.339 e. The van der Waals surface area contributed by atoms with Gasteiger partial charge in [-0.05, 0) is 68.6 Å². The number of hydrogen-bond donors (Lipinski definition) is 3. The van der Waals surface area contributed by atoms with E-state index in [1.165, 1.54) is 15.5 Å². The zero-order valence-corrected chi connectivity index (χ0v) is 21.5. The van der Waals surface area contributed by atoms with Crippen molar-refractivity contribution in [3.63, 3.8) is 0 Å². The molecule has 0 saturated carbocycles. The van der Waals surface area contributed by atoms with E-state index in [9.17, 15) is 9.59 Å². The Bertz CT molecular complexity index is 1720. The zero-order valence-electron chi connectivity index (χ0n) is 21.5. The largest absolute Gasteiger partial charge is 0.457 e. The van der Waals surface area contributed by atoms with Crippen molar-refractivity contribution in [1.29, 1.82) is 0 Å². The predicted molar refractivity (Wildman–Crippen MR) is 152 cm³/mol. The lowest BCUT2D eigenvalue weighted by Gasteiger charge is -2.09. The first kappa shape index (κ1) is 25.4. The molecule has 2 heterocycles. The Balaban J connectivity index is 1.54. The van der Waals surface area contributed by atoms with Crippen LogP contribution in [0, 0.1) is 0 Å². The fourth-order valence-electron chi connectivity index (χ4n) is 4.11. The highest BCUT2D eigenvalue weighted by Gasteiger charge is 2.20. The quantitative estimate of drug-likeness (QED) is 0.263. The number of fused-ring (bicyclic) bond motifs is 1. The van der Waals surface area contributed by atoms with Crippen LogP contribution in [0.4, 0.5) is 11.5 Å². The summed E-state index contributed by atoms with van der Waals surface area (Å²) in [4.78, 5) is 34.9. The Hall–Kier alpha value is -5.22. The molecule has 0 aliphatic carbocycles. The number of nitrogen functional groups attached to an aromatic ring is 1. The molecule has 0 radical (unpaired) electrons. The summed E-state index contributed by atoms with van der Waals surface area (Å²) in [6.07, 6.45) is 3.11. The van der Waals surface area contributed by atoms with E-state index in [1.54, 1.807) is 61.5 Å². The minimum absolute atomic E-state index is 0.162. The van der Waals surface area contributed by atoms with Gasteiger partial charge in [-0.1, -0.05) is 30.3 Å². The van der Waals surface area contributed by atoms with E-state index in [-0.39, 0.29) is 17.4 Å². The van der Waals surface area contributed by atoms with Crippen LogP contribution in [0.5, 0.6) is 11.5 Å². The van der Waals surface area contributed by atoms with Crippen LogP contribution in [0.25, 0.3) is 22.5 Å². The molecular formula is C29H27N7O3. The van der Waals surface area contributed by atoms with E-state index >= 15 is 0 Å². The van der Waals surface area contributed by atoms with Crippen molar-refractivity contribution in [3.05, 3.63) is 107 Å². The van der Waals surface area contributed by atoms with Crippen molar-refractivity contribution in [2.45, 2.75) is 6.92 Å². The van der Waals surface area contributed by atoms with Crippen molar-refractivity contribution in [2.75, 3.05) is 24.6 Å². The highest BCUT2D eigenvalue weighted by atomic mass is 16.5. The minimum Gasteiger partial charge on any atom is -0.457 e. The number of para-hydroxylation sites is 1. The number of rotatable bonds is 8. The number of ether oxygens (including phenoxy) is 1. The van der Waals surface area contributed by atoms with Crippen molar-refractivity contribution >= 4 is 28.6 Å². The van der Waals surface area contributed by atoms with Gasteiger partial charge < -0.3 is 21.1 Å². The van der Waals surface area contributed by atoms with Crippen LogP contribution in [-0.4, -0.2) is 38.6 Å². The molecule has 0 aliphatic heterocycles. The fraction of sp³-hybridized carbons (Fsp3) is 0.103. The average Bonchev–Trinajstić information content (AvgIpc) is 3.25. The Labute approximate surface area is 224 Å². The van der Waals surface area contributed by atoms with E-state index in [4.69, 9.17) is 10.5 Å². The number of nitrogens with one attached hydrogen (secondary N) is 2. The van der Waals surface area contributed by atoms with Gasteiger partial charge in [0.05, 0.1) is 11.4 Å². The molecule has 4 N–H and O–H groups in total. The number of benzene rings is 3. The van der Waals surface area contributed by atoms with Crippen molar-refractivity contribution in [2.24, 2.45) is 0 Å². The molecule has 0 bridgehead atoms. The first-order valence-corrected chi connectivity index (χ1v) is 12.3. The summed E-state index contributed by atoms with van der Waals surface area (Å²) < 4.78 is 8.80. The Morgan fingerprint density at radius 2 is 1.69 bits per heavy atom. The highest BCUT2D eigenvalue weighted by Crippen LogP contribution is 2.26. The number of carbonyl (C=O) groups is 1. The monoisotopic (exact) mass is 521 g/mol. The standard InChI is InChI=1S/C29H27N7O3/c1-19(15-16-31-2)28(37)34-20-7-6-8-22(17-20)36-27-25(26(30)32-18-33-27)35(29(36)38)21-11-13-24(14-12-21)39-23-9-4-3-5-10-23/h3-15,17-18,31H,16H2,1-2H3,(H,34,37)(H2,30,32,33). The third kappa shape index (κ3) is 5.27. The molecule has 3 aromatic carbocycles. The summed E-state index contributed by atoms with van der Waals surface area (Å²) in [5, 5.41) is 5.86. The van der Waals surface area contributed by atoms with Gasteiger partial charge in [-0.25, -0.2) is 19.3 Å². The first-order chi connectivity index (χ1) is 19.0. The first-order valence-electron chi connectivity index (χ1n) is 12.3. The average molecular weight is 522 g/mol. The molecule has 10 nitrogen and oxygen atoms in total. The van der Waals surface area contributed by atoms with Crippen molar-refractivity contribution in [3.8, 4) is 22.9 Å². The second kappa shape index (κ2) is 11.0. The van der Waals surface area contributed by atoms with Crippen LogP contribution in [0.15, 0.2) is 102 Å². The normalized spacial score (nSPS) is 11.5. The Morgan fingerprint density at radius 1 is 0.949 bits per heavy atom. The molecule has 0 atom stereocenters. The van der Waals surface area contributed by atoms with Crippen LogP contribution >= 0.6 is 0 Å². The number of imidazole rings is 1. The summed E-state index contributed by atoms with van der Waals surface area (Å²) in [6, 6.07) is 23.5. The second-order valence-corrected chi connectivity index (χ2v) is 8.74. The van der Waals surface area contributed by atoms with Crippen LogP contribution in [0.2, 0.25) is 0 Å². The van der Waals surface area contributed by atoms with Gasteiger partial charge in [-0.15, -0.1) is 0 Å². The van der Waals surface area contributed by atoms with Gasteiger partial charge in [0.2, 0.25) is 0 Å². The van der Waals surface area contributed by atoms with Crippen molar-refractivity contribution in [1.82, 2.24) is 24.4 Å². The van der Waals surface area contributed by atoms with Crippen LogP contribution in [0.3, 0.4) is 0 Å². The highest BCUT2D eigenvalue weighted by molar-refractivity contribution is 6.03. The number of nitrogens with two attached hydrogens (primary N) is 1. The number of hydrogen-bond acceptors (Lipinski definition) is 7. The summed E-state index contributed by atoms with van der Waals surface area (Å²) >= 11 is 0. The fourth-order valence-corrected chi connectivity index (χ4v) is 4.11. The number of amides is 1. The lowest BCUT2D eigenvalue weighted by Crippen LogP contribution is -2.22. The summed E-state index contributed by atoms with van der Waals surface area (Å²) in [6.45, 7) is 2.32. The summed E-state index contributed by atoms with van der Waals surface area (Å²) in [7, 11) is 1.81. The molecule has 10 heteroatoms. The third-order valence-corrected chi connectivity index (χ3v) is 6.06. The lowest BCUT2D eigenvalue weighted by molar-refractivity contribution is -0.112. The van der Waals surface area contributed by atoms with E-state index in [1.807, 2.05) is 37.4 Å². The Kier molecular flexibility index (Phi) is 7.19. The van der Waals surface area contributed by atoms with E-state index in [0.29, 0.717) is 51.8 Å². The van der Waals surface area contributed by atoms with Gasteiger partial charge in [0.1, 0.15) is 23.3 Å². The van der Waals surface area contributed by atoms with Gasteiger partial charge in [0.15, 0.2) is 11.5 Å². The molecule has 0 spiro atoms. The molecule has 0 saturated heterocycles. The van der Waals surface area contributed by atoms with E-state index in [0.717, 1.165) is 0 Å². The van der Waals surface area contributed by atoms with Gasteiger partial charge in [-0.2, -0.15) is 0 Å². The number of nitrogens with zero attached hydrogens (tertiary/aromatic N) is 4. The molecule has 39 heavy (non-hydrogen) atoms. The van der Waals surface area contributed by atoms with Gasteiger partial charge in [0, 0.05) is 17.8 Å². The SMILES string of the molecule is CNCC=C(C)C(=O)Nc1cccc(-n2c(=O)n(-c3ccc(Oc4ccccc4)cc3)c3c(N)ncnc32)c1. The maximum atomic E-state index is 13.8. The molecule has 196 valence electrons. The molecular weight excluding hydrogens is 494 g/mol. The molecule has 0 fully saturated rings. The van der Waals surface area contributed by atoms with Gasteiger partial charge in [0.25, 0.3) is 5.91 Å². The topological polar surface area (TPSA) is 129 Å². The second-order valence-electron chi connectivity index (χ2n) is 8.74. The van der Waals surface area contributed by atoms with Crippen molar-refractivity contribution < 1.29 is 9.53 Å². The molecule has 5 aromatic rings. The number of carbonyl (C=O) groups excluding carboxylic acids is 1. The van der Waals surface area contributed by atoms with Crippen LogP contribution < -0.4 is 26.8 Å². The molecule has 2 aromatic heterocycles. The van der Waals surface area contributed by atoms with E-state index < -0.39 is 0 Å². The third-order valence-electron chi connectivity index (χ3n) is 6.06. The lowest BCUT2D eigenvalue weighted by atomic mass is 10.2. The zero-order chi connectivity index (χ0) is 27.4.